The Labute approximate surface area is 113 Å². The van der Waals surface area contributed by atoms with Crippen molar-refractivity contribution in [2.45, 2.75) is 18.1 Å². The second-order valence-electron chi connectivity index (χ2n) is 3.30. The van der Waals surface area contributed by atoms with Crippen LogP contribution in [0.4, 0.5) is 26.3 Å². The van der Waals surface area contributed by atoms with Crippen molar-refractivity contribution in [3.8, 4) is 0 Å². The van der Waals surface area contributed by atoms with Gasteiger partial charge >= 0.3 is 12.1 Å². The van der Waals surface area contributed by atoms with E-state index in [4.69, 9.17) is 5.73 Å². The molecule has 9 heteroatoms. The van der Waals surface area contributed by atoms with Gasteiger partial charge in [0.15, 0.2) is 0 Å². The number of nitrogens with two attached hydrogens (primary N) is 1. The lowest BCUT2D eigenvalue weighted by atomic mass is 10.0. The molecular weight excluding hydrogens is 351 g/mol. The van der Waals surface area contributed by atoms with Gasteiger partial charge in [-0.25, -0.2) is 4.39 Å². The average Bonchev–Trinajstić information content (AvgIpc) is 2.13. The molecule has 0 radical (unpaired) electrons. The highest BCUT2D eigenvalue weighted by atomic mass is 79.9. The summed E-state index contributed by atoms with van der Waals surface area (Å²) in [6.07, 6.45) is -5.79. The van der Waals surface area contributed by atoms with Crippen LogP contribution in [0.15, 0.2) is 22.7 Å². The molecule has 0 aliphatic heterocycles. The van der Waals surface area contributed by atoms with Crippen molar-refractivity contribution in [2.75, 3.05) is 0 Å². The smallest absolute Gasteiger partial charge is 0.319 e. The molecule has 0 saturated carbocycles. The molecule has 1 atom stereocenters. The summed E-state index contributed by atoms with van der Waals surface area (Å²) in [4.78, 5) is 0. The molecule has 1 rings (SSSR count). The van der Waals surface area contributed by atoms with Crippen LogP contribution in [-0.4, -0.2) is 12.1 Å². The molecule has 2 N–H and O–H groups in total. The second kappa shape index (κ2) is 5.66. The molecule has 1 aromatic carbocycles. The first-order valence-electron chi connectivity index (χ1n) is 4.22. The first-order chi connectivity index (χ1) is 7.55. The third-order valence-corrected chi connectivity index (χ3v) is 2.47. The molecule has 0 heterocycles. The van der Waals surface area contributed by atoms with Gasteiger partial charge < -0.3 is 5.73 Å². The number of hydrogen-bond donors (Lipinski definition) is 1. The zero-order valence-electron chi connectivity index (χ0n) is 8.44. The van der Waals surface area contributed by atoms with Crippen molar-refractivity contribution >= 4 is 28.3 Å². The van der Waals surface area contributed by atoms with Gasteiger partial charge in [-0.2, -0.15) is 22.0 Å². The number of rotatable bonds is 2. The lowest BCUT2D eigenvalue weighted by Gasteiger charge is -2.26. The van der Waals surface area contributed by atoms with E-state index in [2.05, 4.69) is 15.9 Å². The first kappa shape index (κ1) is 17.5. The molecule has 18 heavy (non-hydrogen) atoms. The van der Waals surface area contributed by atoms with Gasteiger partial charge in [0.2, 0.25) is 0 Å². The van der Waals surface area contributed by atoms with Crippen molar-refractivity contribution in [1.82, 2.24) is 0 Å². The Morgan fingerprint density at radius 1 is 1.06 bits per heavy atom. The van der Waals surface area contributed by atoms with Crippen molar-refractivity contribution in [3.63, 3.8) is 0 Å². The van der Waals surface area contributed by atoms with Crippen LogP contribution in [0.5, 0.6) is 0 Å². The van der Waals surface area contributed by atoms with Crippen molar-refractivity contribution in [2.24, 2.45) is 5.73 Å². The minimum Gasteiger partial charge on any atom is -0.319 e. The van der Waals surface area contributed by atoms with E-state index in [-0.39, 0.29) is 16.9 Å². The molecule has 0 bridgehead atoms. The monoisotopic (exact) mass is 357 g/mol. The van der Waals surface area contributed by atoms with Gasteiger partial charge in [0, 0.05) is 4.47 Å². The summed E-state index contributed by atoms with van der Waals surface area (Å²) in [5, 5.41) is 0. The Bertz CT molecular complexity index is 402. The maximum Gasteiger partial charge on any atom is 0.455 e. The average molecular weight is 359 g/mol. The number of alkyl halides is 5. The van der Waals surface area contributed by atoms with Gasteiger partial charge in [-0.3, -0.25) is 0 Å². The van der Waals surface area contributed by atoms with E-state index >= 15 is 0 Å². The maximum absolute atomic E-state index is 12.9. The fourth-order valence-electron chi connectivity index (χ4n) is 1.14. The van der Waals surface area contributed by atoms with Gasteiger partial charge in [-0.05, 0) is 23.8 Å². The van der Waals surface area contributed by atoms with Crippen LogP contribution < -0.4 is 5.73 Å². The zero-order chi connectivity index (χ0) is 13.4. The summed E-state index contributed by atoms with van der Waals surface area (Å²) < 4.78 is 74.8. The lowest BCUT2D eigenvalue weighted by molar-refractivity contribution is -0.291. The molecule has 0 aliphatic rings. The topological polar surface area (TPSA) is 26.0 Å². The third-order valence-electron chi connectivity index (χ3n) is 2.01. The molecule has 0 aliphatic carbocycles. The Kier molecular flexibility index (Phi) is 5.52. The predicted molar refractivity (Wildman–Crippen MR) is 59.3 cm³/mol. The van der Waals surface area contributed by atoms with Crippen LogP contribution in [0.1, 0.15) is 11.6 Å². The lowest BCUT2D eigenvalue weighted by Crippen LogP contribution is -2.45. The molecule has 0 saturated heterocycles. The highest BCUT2D eigenvalue weighted by molar-refractivity contribution is 9.10. The van der Waals surface area contributed by atoms with E-state index in [0.29, 0.717) is 6.07 Å². The highest BCUT2D eigenvalue weighted by Crippen LogP contribution is 2.43. The second-order valence-corrected chi connectivity index (χ2v) is 4.22. The Morgan fingerprint density at radius 3 is 1.94 bits per heavy atom. The Morgan fingerprint density at radius 2 is 1.56 bits per heavy atom. The Balaban J connectivity index is 0.00000289. The summed E-state index contributed by atoms with van der Waals surface area (Å²) in [6.45, 7) is 0. The molecule has 1 nitrogen and oxygen atoms in total. The molecule has 0 amide bonds. The van der Waals surface area contributed by atoms with E-state index in [0.717, 1.165) is 12.1 Å². The minimum absolute atomic E-state index is 0. The largest absolute Gasteiger partial charge is 0.455 e. The van der Waals surface area contributed by atoms with Gasteiger partial charge in [-0.1, -0.05) is 15.9 Å². The van der Waals surface area contributed by atoms with Gasteiger partial charge in [0.05, 0.1) is 0 Å². The van der Waals surface area contributed by atoms with Crippen LogP contribution in [0.25, 0.3) is 0 Å². The highest BCUT2D eigenvalue weighted by Gasteiger charge is 2.61. The van der Waals surface area contributed by atoms with Crippen LogP contribution in [0.3, 0.4) is 0 Å². The van der Waals surface area contributed by atoms with Gasteiger partial charge in [0.1, 0.15) is 11.9 Å². The molecule has 0 unspecified atom stereocenters. The maximum atomic E-state index is 12.9. The molecular formula is C9H7BrClF6N. The summed E-state index contributed by atoms with van der Waals surface area (Å²) in [5.41, 5.74) is 4.20. The fraction of sp³-hybridized carbons (Fsp3) is 0.333. The van der Waals surface area contributed by atoms with E-state index in [1.807, 2.05) is 0 Å². The molecule has 104 valence electrons. The van der Waals surface area contributed by atoms with Crippen molar-refractivity contribution in [1.29, 1.82) is 0 Å². The van der Waals surface area contributed by atoms with Gasteiger partial charge in [-0.15, -0.1) is 12.4 Å². The van der Waals surface area contributed by atoms with Crippen molar-refractivity contribution in [3.05, 3.63) is 34.1 Å². The predicted octanol–water partition coefficient (Wildman–Crippen LogP) is 4.21. The summed E-state index contributed by atoms with van der Waals surface area (Å²) in [6, 6.07) is -0.292. The van der Waals surface area contributed by atoms with Crippen molar-refractivity contribution < 1.29 is 26.3 Å². The van der Waals surface area contributed by atoms with Crippen LogP contribution in [0.2, 0.25) is 0 Å². The first-order valence-corrected chi connectivity index (χ1v) is 5.01. The zero-order valence-corrected chi connectivity index (χ0v) is 10.8. The number of benzene rings is 1. The summed E-state index contributed by atoms with van der Waals surface area (Å²) in [5.74, 6) is -6.08. The third kappa shape index (κ3) is 3.52. The summed E-state index contributed by atoms with van der Waals surface area (Å²) >= 11 is 2.78. The molecule has 0 spiro atoms. The van der Waals surface area contributed by atoms with E-state index in [9.17, 15) is 26.3 Å². The quantitative estimate of drug-likeness (QED) is 0.788. The SMILES string of the molecule is Cl.N[C@H](c1cc(F)cc(Br)c1)C(F)(F)C(F)(F)F. The van der Waals surface area contributed by atoms with Crippen LogP contribution >= 0.6 is 28.3 Å². The van der Waals surface area contributed by atoms with Gasteiger partial charge in [0.25, 0.3) is 0 Å². The van der Waals surface area contributed by atoms with E-state index in [1.165, 1.54) is 0 Å². The molecule has 1 aromatic rings. The van der Waals surface area contributed by atoms with Crippen LogP contribution in [0, 0.1) is 5.82 Å². The van der Waals surface area contributed by atoms with E-state index < -0.39 is 29.5 Å². The molecule has 0 aromatic heterocycles. The fourth-order valence-corrected chi connectivity index (χ4v) is 1.62. The molecule has 0 fully saturated rings. The van der Waals surface area contributed by atoms with Crippen LogP contribution in [-0.2, 0) is 0 Å². The number of halogens is 8. The normalized spacial score (nSPS) is 14.0. The minimum atomic E-state index is -5.79. The Hall–Kier alpha value is -0.470. The number of hydrogen-bond acceptors (Lipinski definition) is 1. The standard InChI is InChI=1S/C9H6BrF6N.ClH/c10-5-1-4(2-6(11)3-5)7(17)8(12,13)9(14,15)16;/h1-3,7H,17H2;1H/t7-;/m1./s1. The van der Waals surface area contributed by atoms with E-state index in [1.54, 1.807) is 0 Å². The summed E-state index contributed by atoms with van der Waals surface area (Å²) in [7, 11) is 0.